The van der Waals surface area contributed by atoms with Crippen LogP contribution in [0.2, 0.25) is 0 Å². The lowest BCUT2D eigenvalue weighted by Gasteiger charge is -2.14. The van der Waals surface area contributed by atoms with Crippen molar-refractivity contribution < 1.29 is 9.47 Å². The molecule has 0 atom stereocenters. The molecule has 24 heavy (non-hydrogen) atoms. The molecule has 0 bridgehead atoms. The van der Waals surface area contributed by atoms with Crippen molar-refractivity contribution in [3.63, 3.8) is 0 Å². The van der Waals surface area contributed by atoms with Crippen molar-refractivity contribution in [2.24, 2.45) is 0 Å². The summed E-state index contributed by atoms with van der Waals surface area (Å²) in [5.41, 5.74) is 1.37. The molecule has 0 aliphatic rings. The van der Waals surface area contributed by atoms with Crippen molar-refractivity contribution in [3.8, 4) is 5.75 Å². The Morgan fingerprint density at radius 1 is 1.21 bits per heavy atom. The van der Waals surface area contributed by atoms with Gasteiger partial charge in [0.1, 0.15) is 19.1 Å². The number of fused-ring (bicyclic) bond motifs is 3. The van der Waals surface area contributed by atoms with E-state index in [-0.39, 0.29) is 12.3 Å². The van der Waals surface area contributed by atoms with Gasteiger partial charge in [-0.25, -0.2) is 0 Å². The number of pyridine rings is 2. The van der Waals surface area contributed by atoms with E-state index in [9.17, 15) is 4.79 Å². The number of likely N-dealkylation sites (N-methyl/N-ethyl adjacent to an activating group) is 1. The molecule has 3 aromatic rings. The third-order valence-electron chi connectivity index (χ3n) is 3.86. The first-order valence-electron chi connectivity index (χ1n) is 7.79. The Hall–Kier alpha value is -2.44. The van der Waals surface area contributed by atoms with Crippen LogP contribution in [0.4, 0.5) is 0 Å². The molecular weight excluding hydrogens is 306 g/mol. The fraction of sp³-hybridized carbons (Fsp3) is 0.333. The van der Waals surface area contributed by atoms with Crippen LogP contribution >= 0.6 is 0 Å². The zero-order chi connectivity index (χ0) is 17.1. The molecule has 1 aromatic carbocycles. The SMILES string of the molecule is COCn1c(=O)c2cccnc2c2cc(OCCN(C)C)ccc21. The van der Waals surface area contributed by atoms with Crippen molar-refractivity contribution in [1.29, 1.82) is 0 Å². The minimum absolute atomic E-state index is 0.103. The van der Waals surface area contributed by atoms with Crippen molar-refractivity contribution in [3.05, 3.63) is 46.9 Å². The quantitative estimate of drug-likeness (QED) is 0.649. The van der Waals surface area contributed by atoms with Crippen LogP contribution < -0.4 is 10.3 Å². The summed E-state index contributed by atoms with van der Waals surface area (Å²) in [5, 5.41) is 1.46. The van der Waals surface area contributed by atoms with Crippen LogP contribution in [-0.4, -0.2) is 48.8 Å². The van der Waals surface area contributed by atoms with E-state index in [0.717, 1.165) is 23.2 Å². The van der Waals surface area contributed by atoms with Gasteiger partial charge in [-0.1, -0.05) is 0 Å². The zero-order valence-corrected chi connectivity index (χ0v) is 14.2. The Labute approximate surface area is 140 Å². The van der Waals surface area contributed by atoms with Gasteiger partial charge in [-0.15, -0.1) is 0 Å². The number of rotatable bonds is 6. The number of benzene rings is 1. The van der Waals surface area contributed by atoms with Crippen LogP contribution in [0, 0.1) is 0 Å². The van der Waals surface area contributed by atoms with Crippen molar-refractivity contribution in [2.75, 3.05) is 34.4 Å². The van der Waals surface area contributed by atoms with Gasteiger partial charge in [0.05, 0.1) is 16.4 Å². The van der Waals surface area contributed by atoms with E-state index in [1.165, 1.54) is 0 Å². The van der Waals surface area contributed by atoms with Crippen molar-refractivity contribution in [1.82, 2.24) is 14.5 Å². The summed E-state index contributed by atoms with van der Waals surface area (Å²) in [6.45, 7) is 1.63. The Bertz CT molecular complexity index is 918. The molecule has 0 aliphatic carbocycles. The molecule has 0 spiro atoms. The Morgan fingerprint density at radius 2 is 2.04 bits per heavy atom. The predicted molar refractivity (Wildman–Crippen MR) is 94.6 cm³/mol. The van der Waals surface area contributed by atoms with Gasteiger partial charge in [0.25, 0.3) is 5.56 Å². The number of aromatic nitrogens is 2. The van der Waals surface area contributed by atoms with Gasteiger partial charge in [0, 0.05) is 25.2 Å². The van der Waals surface area contributed by atoms with Crippen LogP contribution in [-0.2, 0) is 11.5 Å². The molecule has 3 rings (SSSR count). The summed E-state index contributed by atoms with van der Waals surface area (Å²) in [6.07, 6.45) is 1.70. The number of hydrogen-bond donors (Lipinski definition) is 0. The Morgan fingerprint density at radius 3 is 2.79 bits per heavy atom. The lowest BCUT2D eigenvalue weighted by Crippen LogP contribution is -2.22. The molecule has 0 N–H and O–H groups in total. The van der Waals surface area contributed by atoms with E-state index >= 15 is 0 Å². The van der Waals surface area contributed by atoms with E-state index in [1.807, 2.05) is 32.3 Å². The largest absolute Gasteiger partial charge is 0.492 e. The van der Waals surface area contributed by atoms with Crippen molar-refractivity contribution in [2.45, 2.75) is 6.73 Å². The number of hydrogen-bond acceptors (Lipinski definition) is 5. The van der Waals surface area contributed by atoms with E-state index in [4.69, 9.17) is 9.47 Å². The van der Waals surface area contributed by atoms with E-state index in [0.29, 0.717) is 17.5 Å². The fourth-order valence-corrected chi connectivity index (χ4v) is 2.68. The van der Waals surface area contributed by atoms with Gasteiger partial charge in [-0.05, 0) is 44.4 Å². The average Bonchev–Trinajstić information content (AvgIpc) is 2.58. The van der Waals surface area contributed by atoms with Gasteiger partial charge < -0.3 is 14.4 Å². The molecular formula is C18H21N3O3. The molecule has 0 unspecified atom stereocenters. The summed E-state index contributed by atoms with van der Waals surface area (Å²) in [5.74, 6) is 0.763. The lowest BCUT2D eigenvalue weighted by atomic mass is 10.1. The van der Waals surface area contributed by atoms with Gasteiger partial charge in [-0.2, -0.15) is 0 Å². The molecule has 6 nitrogen and oxygen atoms in total. The highest BCUT2D eigenvalue weighted by Gasteiger charge is 2.12. The molecule has 2 heterocycles. The summed E-state index contributed by atoms with van der Waals surface area (Å²) in [7, 11) is 5.58. The average molecular weight is 327 g/mol. The first-order valence-corrected chi connectivity index (χ1v) is 7.79. The topological polar surface area (TPSA) is 56.6 Å². The Balaban J connectivity index is 2.15. The van der Waals surface area contributed by atoms with Crippen LogP contribution in [0.1, 0.15) is 0 Å². The predicted octanol–water partition coefficient (Wildman–Crippen LogP) is 2.09. The van der Waals surface area contributed by atoms with E-state index in [2.05, 4.69) is 9.88 Å². The maximum Gasteiger partial charge on any atom is 0.262 e. The summed E-state index contributed by atoms with van der Waals surface area (Å²) >= 11 is 0. The second-order valence-corrected chi connectivity index (χ2v) is 5.88. The fourth-order valence-electron chi connectivity index (χ4n) is 2.68. The first kappa shape index (κ1) is 16.4. The molecule has 0 saturated carbocycles. The minimum atomic E-state index is -0.103. The summed E-state index contributed by atoms with van der Waals surface area (Å²) in [6, 6.07) is 9.25. The molecule has 0 saturated heterocycles. The third-order valence-corrected chi connectivity index (χ3v) is 3.86. The summed E-state index contributed by atoms with van der Waals surface area (Å²) < 4.78 is 12.6. The lowest BCUT2D eigenvalue weighted by molar-refractivity contribution is 0.132. The zero-order valence-electron chi connectivity index (χ0n) is 14.2. The van der Waals surface area contributed by atoms with E-state index in [1.54, 1.807) is 30.0 Å². The van der Waals surface area contributed by atoms with Gasteiger partial charge in [-0.3, -0.25) is 14.3 Å². The maximum atomic E-state index is 12.7. The highest BCUT2D eigenvalue weighted by atomic mass is 16.5. The molecule has 0 aliphatic heterocycles. The highest BCUT2D eigenvalue weighted by Crippen LogP contribution is 2.25. The molecule has 2 aromatic heterocycles. The molecule has 0 amide bonds. The number of methoxy groups -OCH3 is 1. The molecule has 0 fully saturated rings. The van der Waals surface area contributed by atoms with Gasteiger partial charge in [0.15, 0.2) is 0 Å². The number of ether oxygens (including phenoxy) is 2. The van der Waals surface area contributed by atoms with Crippen LogP contribution in [0.15, 0.2) is 41.3 Å². The maximum absolute atomic E-state index is 12.7. The minimum Gasteiger partial charge on any atom is -0.492 e. The normalized spacial score (nSPS) is 11.5. The Kier molecular flexibility index (Phi) is 4.78. The number of nitrogens with zero attached hydrogens (tertiary/aromatic N) is 3. The third kappa shape index (κ3) is 3.11. The standard InChI is InChI=1S/C18H21N3O3/c1-20(2)9-10-24-13-6-7-16-15(11-13)17-14(5-4-8-19-17)18(22)21(16)12-23-3/h4-8,11H,9-10,12H2,1-3H3. The molecule has 126 valence electrons. The second-order valence-electron chi connectivity index (χ2n) is 5.88. The van der Waals surface area contributed by atoms with Crippen LogP contribution in [0.25, 0.3) is 21.8 Å². The van der Waals surface area contributed by atoms with Gasteiger partial charge in [0.2, 0.25) is 0 Å². The molecule has 6 heteroatoms. The summed E-state index contributed by atoms with van der Waals surface area (Å²) in [4.78, 5) is 19.1. The van der Waals surface area contributed by atoms with Crippen LogP contribution in [0.3, 0.4) is 0 Å². The monoisotopic (exact) mass is 327 g/mol. The van der Waals surface area contributed by atoms with E-state index < -0.39 is 0 Å². The second kappa shape index (κ2) is 6.98. The highest BCUT2D eigenvalue weighted by molar-refractivity contribution is 6.03. The van der Waals surface area contributed by atoms with Gasteiger partial charge >= 0.3 is 0 Å². The molecule has 0 radical (unpaired) electrons. The van der Waals surface area contributed by atoms with Crippen molar-refractivity contribution >= 4 is 21.8 Å². The smallest absolute Gasteiger partial charge is 0.262 e. The first-order chi connectivity index (χ1) is 11.6. The van der Waals surface area contributed by atoms with Crippen LogP contribution in [0.5, 0.6) is 5.75 Å².